The second-order valence-electron chi connectivity index (χ2n) is 3.37. The molecule has 0 saturated heterocycles. The van der Waals surface area contributed by atoms with E-state index in [2.05, 4.69) is 4.74 Å². The zero-order valence-corrected chi connectivity index (χ0v) is 9.49. The number of ether oxygens (including phenoxy) is 2. The van der Waals surface area contributed by atoms with E-state index in [4.69, 9.17) is 4.74 Å². The Labute approximate surface area is 98.3 Å². The van der Waals surface area contributed by atoms with Crippen LogP contribution in [0, 0.1) is 0 Å². The van der Waals surface area contributed by atoms with Crippen molar-refractivity contribution in [1.29, 1.82) is 0 Å². The molecule has 0 fully saturated rings. The number of hydrogen-bond acceptors (Lipinski definition) is 3. The van der Waals surface area contributed by atoms with Gasteiger partial charge in [0.05, 0.1) is 13.7 Å². The Bertz CT molecular complexity index is 367. The number of benzene rings is 1. The van der Waals surface area contributed by atoms with Crippen molar-refractivity contribution in [3.63, 3.8) is 0 Å². The van der Waals surface area contributed by atoms with Crippen molar-refractivity contribution in [3.8, 4) is 5.75 Å². The van der Waals surface area contributed by atoms with E-state index in [9.17, 15) is 13.6 Å². The Kier molecular flexibility index (Phi) is 5.56. The first-order valence-corrected chi connectivity index (χ1v) is 5.16. The molecule has 17 heavy (non-hydrogen) atoms. The molecule has 0 aliphatic carbocycles. The molecular weight excluding hydrogens is 230 g/mol. The number of alkyl halides is 2. The number of methoxy groups -OCH3 is 1. The molecule has 0 heterocycles. The van der Waals surface area contributed by atoms with Crippen LogP contribution >= 0.6 is 0 Å². The smallest absolute Gasteiger partial charge is 0.261 e. The maximum Gasteiger partial charge on any atom is 0.261 e. The molecule has 0 N–H and O–H groups in total. The average molecular weight is 244 g/mol. The fourth-order valence-corrected chi connectivity index (χ4v) is 1.28. The molecule has 0 unspecified atom stereocenters. The van der Waals surface area contributed by atoms with Gasteiger partial charge in [-0.05, 0) is 12.1 Å². The molecule has 1 aromatic rings. The summed E-state index contributed by atoms with van der Waals surface area (Å²) in [4.78, 5) is 11.6. The Morgan fingerprint density at radius 1 is 1.41 bits per heavy atom. The fraction of sp³-hybridized carbons (Fsp3) is 0.417. The molecule has 0 aliphatic heterocycles. The number of ketones is 1. The summed E-state index contributed by atoms with van der Waals surface area (Å²) < 4.78 is 33.1. The van der Waals surface area contributed by atoms with Crippen LogP contribution in [0.25, 0.3) is 0 Å². The quantitative estimate of drug-likeness (QED) is 0.546. The lowest BCUT2D eigenvalue weighted by Crippen LogP contribution is -2.09. The van der Waals surface area contributed by atoms with Crippen molar-refractivity contribution in [3.05, 3.63) is 29.8 Å². The van der Waals surface area contributed by atoms with Crippen LogP contribution in [0.5, 0.6) is 5.75 Å². The number of halogens is 2. The topological polar surface area (TPSA) is 35.5 Å². The molecule has 0 saturated carbocycles. The van der Waals surface area contributed by atoms with Crippen LogP contribution < -0.4 is 4.74 Å². The third-order valence-corrected chi connectivity index (χ3v) is 2.11. The molecule has 94 valence electrons. The lowest BCUT2D eigenvalue weighted by molar-refractivity contribution is 0.0170. The lowest BCUT2D eigenvalue weighted by Gasteiger charge is -2.05. The van der Waals surface area contributed by atoms with Gasteiger partial charge in [0.15, 0.2) is 5.78 Å². The van der Waals surface area contributed by atoms with Crippen LogP contribution in [-0.4, -0.2) is 32.5 Å². The van der Waals surface area contributed by atoms with E-state index in [1.807, 2.05) is 0 Å². The van der Waals surface area contributed by atoms with Gasteiger partial charge in [0.1, 0.15) is 12.4 Å². The van der Waals surface area contributed by atoms with E-state index in [1.165, 1.54) is 7.11 Å². The Morgan fingerprint density at radius 3 is 2.82 bits per heavy atom. The number of hydrogen-bond donors (Lipinski definition) is 0. The van der Waals surface area contributed by atoms with Crippen molar-refractivity contribution in [2.75, 3.05) is 20.3 Å². The summed E-state index contributed by atoms with van der Waals surface area (Å²) in [6, 6.07) is 6.68. The molecule has 0 radical (unpaired) electrons. The minimum absolute atomic E-state index is 0.000380. The summed E-state index contributed by atoms with van der Waals surface area (Å²) in [5.41, 5.74) is 0.491. The molecule has 0 bridgehead atoms. The van der Waals surface area contributed by atoms with Crippen molar-refractivity contribution in [2.45, 2.75) is 12.8 Å². The van der Waals surface area contributed by atoms with Crippen LogP contribution in [0.2, 0.25) is 0 Å². The first-order valence-electron chi connectivity index (χ1n) is 5.16. The summed E-state index contributed by atoms with van der Waals surface area (Å²) >= 11 is 0. The van der Waals surface area contributed by atoms with E-state index in [0.29, 0.717) is 11.3 Å². The first kappa shape index (κ1) is 13.6. The molecule has 0 aliphatic rings. The molecule has 0 atom stereocenters. The highest BCUT2D eigenvalue weighted by molar-refractivity contribution is 5.96. The first-order chi connectivity index (χ1) is 8.13. The highest BCUT2D eigenvalue weighted by Crippen LogP contribution is 2.14. The van der Waals surface area contributed by atoms with Crippen molar-refractivity contribution < 1.29 is 23.0 Å². The van der Waals surface area contributed by atoms with Crippen LogP contribution in [-0.2, 0) is 4.74 Å². The van der Waals surface area contributed by atoms with E-state index in [0.717, 1.165) is 0 Å². The van der Waals surface area contributed by atoms with Gasteiger partial charge in [-0.15, -0.1) is 0 Å². The third kappa shape index (κ3) is 4.91. The molecule has 3 nitrogen and oxygen atoms in total. The van der Waals surface area contributed by atoms with E-state index >= 15 is 0 Å². The zero-order valence-electron chi connectivity index (χ0n) is 9.49. The van der Waals surface area contributed by atoms with Crippen molar-refractivity contribution in [1.82, 2.24) is 0 Å². The number of Topliss-reactive ketones (excluding diaryl/α,β-unsaturated/α-hetero) is 1. The Balaban J connectivity index is 2.41. The highest BCUT2D eigenvalue weighted by Gasteiger charge is 2.08. The van der Waals surface area contributed by atoms with E-state index in [-0.39, 0.29) is 18.8 Å². The SMILES string of the molecule is COc1cccc(C(=O)CCOCC(F)F)c1. The zero-order chi connectivity index (χ0) is 12.7. The monoisotopic (exact) mass is 244 g/mol. The van der Waals surface area contributed by atoms with Crippen molar-refractivity contribution in [2.24, 2.45) is 0 Å². The summed E-state index contributed by atoms with van der Waals surface area (Å²) in [5, 5.41) is 0. The lowest BCUT2D eigenvalue weighted by atomic mass is 10.1. The van der Waals surface area contributed by atoms with Crippen LogP contribution in [0.4, 0.5) is 8.78 Å². The molecule has 5 heteroatoms. The van der Waals surface area contributed by atoms with Gasteiger partial charge in [-0.3, -0.25) is 4.79 Å². The highest BCUT2D eigenvalue weighted by atomic mass is 19.3. The summed E-state index contributed by atoms with van der Waals surface area (Å²) in [5.74, 6) is 0.433. The molecule has 1 rings (SSSR count). The van der Waals surface area contributed by atoms with Gasteiger partial charge in [0.2, 0.25) is 0 Å². The predicted octanol–water partition coefficient (Wildman–Crippen LogP) is 2.55. The third-order valence-electron chi connectivity index (χ3n) is 2.11. The summed E-state index contributed by atoms with van der Waals surface area (Å²) in [6.45, 7) is -0.633. The fourth-order valence-electron chi connectivity index (χ4n) is 1.28. The summed E-state index contributed by atoms with van der Waals surface area (Å²) in [7, 11) is 1.51. The van der Waals surface area contributed by atoms with Gasteiger partial charge in [0.25, 0.3) is 6.43 Å². The van der Waals surface area contributed by atoms with Gasteiger partial charge in [0, 0.05) is 12.0 Å². The number of carbonyl (C=O) groups excluding carboxylic acids is 1. The maximum absolute atomic E-state index is 11.8. The predicted molar refractivity (Wildman–Crippen MR) is 58.8 cm³/mol. The maximum atomic E-state index is 11.8. The molecule has 0 spiro atoms. The minimum Gasteiger partial charge on any atom is -0.497 e. The second-order valence-corrected chi connectivity index (χ2v) is 3.37. The van der Waals surface area contributed by atoms with Crippen LogP contribution in [0.1, 0.15) is 16.8 Å². The largest absolute Gasteiger partial charge is 0.497 e. The van der Waals surface area contributed by atoms with Gasteiger partial charge >= 0.3 is 0 Å². The van der Waals surface area contributed by atoms with Crippen LogP contribution in [0.15, 0.2) is 24.3 Å². The Hall–Kier alpha value is -1.49. The number of rotatable bonds is 7. The molecule has 0 amide bonds. The Morgan fingerprint density at radius 2 is 2.18 bits per heavy atom. The normalized spacial score (nSPS) is 10.6. The van der Waals surface area contributed by atoms with Crippen LogP contribution in [0.3, 0.4) is 0 Å². The van der Waals surface area contributed by atoms with Gasteiger partial charge in [-0.25, -0.2) is 8.78 Å². The van der Waals surface area contributed by atoms with Crippen molar-refractivity contribution >= 4 is 5.78 Å². The minimum atomic E-state index is -2.50. The standard InChI is InChI=1S/C12H14F2O3/c1-16-10-4-2-3-9(7-10)11(15)5-6-17-8-12(13)14/h2-4,7,12H,5-6,8H2,1H3. The summed E-state index contributed by atoms with van der Waals surface area (Å²) in [6.07, 6.45) is -2.41. The molecule has 1 aromatic carbocycles. The van der Waals surface area contributed by atoms with E-state index in [1.54, 1.807) is 24.3 Å². The molecule has 0 aromatic heterocycles. The van der Waals surface area contributed by atoms with E-state index < -0.39 is 13.0 Å². The van der Waals surface area contributed by atoms with Gasteiger partial charge in [-0.2, -0.15) is 0 Å². The number of carbonyl (C=O) groups is 1. The van der Waals surface area contributed by atoms with Gasteiger partial charge < -0.3 is 9.47 Å². The second kappa shape index (κ2) is 6.96. The van der Waals surface area contributed by atoms with Gasteiger partial charge in [-0.1, -0.05) is 12.1 Å². The molecular formula is C12H14F2O3. The average Bonchev–Trinajstić information content (AvgIpc) is 2.34.